The summed E-state index contributed by atoms with van der Waals surface area (Å²) < 4.78 is 37.8. The van der Waals surface area contributed by atoms with E-state index in [4.69, 9.17) is 9.26 Å². The van der Waals surface area contributed by atoms with Crippen molar-refractivity contribution in [2.75, 3.05) is 13.6 Å². The Kier molecular flexibility index (Phi) is 7.46. The first-order chi connectivity index (χ1) is 14.8. The summed E-state index contributed by atoms with van der Waals surface area (Å²) >= 11 is 0. The number of aryl methyl sites for hydroxylation is 3. The Bertz CT molecular complexity index is 1090. The first kappa shape index (κ1) is 23.0. The zero-order valence-electron chi connectivity index (χ0n) is 18.5. The number of likely N-dealkylation sites (N-methyl/N-ethyl adjacent to an activating group) is 1. The lowest BCUT2D eigenvalue weighted by atomic mass is 10.1. The van der Waals surface area contributed by atoms with Crippen molar-refractivity contribution in [1.29, 1.82) is 0 Å². The molecule has 7 nitrogen and oxygen atoms in total. The zero-order chi connectivity index (χ0) is 22.4. The third-order valence-corrected chi connectivity index (χ3v) is 6.76. The molecule has 0 fully saturated rings. The maximum Gasteiger partial charge on any atom is 0.264 e. The molecule has 3 rings (SSSR count). The Morgan fingerprint density at radius 1 is 1.03 bits per heavy atom. The van der Waals surface area contributed by atoms with Gasteiger partial charge >= 0.3 is 0 Å². The highest BCUT2D eigenvalue weighted by Gasteiger charge is 2.21. The molecule has 1 aromatic heterocycles. The maximum atomic E-state index is 12.8. The van der Waals surface area contributed by atoms with E-state index in [1.807, 2.05) is 38.1 Å². The Labute approximate surface area is 184 Å². The number of ether oxygens (including phenoxy) is 1. The summed E-state index contributed by atoms with van der Waals surface area (Å²) in [7, 11) is -2.01. The normalized spacial score (nSPS) is 11.8. The fourth-order valence-electron chi connectivity index (χ4n) is 3.29. The number of benzene rings is 2. The molecule has 0 aliphatic rings. The molecule has 0 saturated carbocycles. The lowest BCUT2D eigenvalue weighted by Crippen LogP contribution is -2.29. The second-order valence-corrected chi connectivity index (χ2v) is 9.73. The Morgan fingerprint density at radius 3 is 2.35 bits per heavy atom. The molecule has 0 unspecified atom stereocenters. The van der Waals surface area contributed by atoms with Gasteiger partial charge in [0.1, 0.15) is 5.75 Å². The summed E-state index contributed by atoms with van der Waals surface area (Å²) in [5.74, 6) is 1.54. The first-order valence-corrected chi connectivity index (χ1v) is 11.8. The molecule has 31 heavy (non-hydrogen) atoms. The van der Waals surface area contributed by atoms with Gasteiger partial charge in [0, 0.05) is 20.0 Å². The smallest absolute Gasteiger partial charge is 0.264 e. The fourth-order valence-corrected chi connectivity index (χ4v) is 4.46. The summed E-state index contributed by atoms with van der Waals surface area (Å²) in [6, 6.07) is 13.0. The van der Waals surface area contributed by atoms with Crippen LogP contribution < -0.4 is 4.74 Å². The van der Waals surface area contributed by atoms with Gasteiger partial charge in [0.05, 0.1) is 4.90 Å². The molecule has 0 spiro atoms. The van der Waals surface area contributed by atoms with Crippen LogP contribution in [-0.4, -0.2) is 36.5 Å². The van der Waals surface area contributed by atoms with Crippen LogP contribution in [-0.2, 0) is 29.5 Å². The fraction of sp³-hybridized carbons (Fsp3) is 0.391. The standard InChI is InChI=1S/C23H29N3O4S/c1-5-6-19-7-9-21(10-8-19)31(27,28)26(4)12-11-22-24-23(30-25-22)16-29-20-14-17(2)13-18(3)15-20/h7-10,13-15H,5-6,11-12,16H2,1-4H3. The Balaban J connectivity index is 1.55. The molecule has 1 heterocycles. The minimum absolute atomic E-state index is 0.161. The predicted octanol–water partition coefficient (Wildman–Crippen LogP) is 4.08. The van der Waals surface area contributed by atoms with Crippen molar-refractivity contribution in [1.82, 2.24) is 14.4 Å². The number of rotatable bonds is 10. The summed E-state index contributed by atoms with van der Waals surface area (Å²) in [5, 5.41) is 3.93. The lowest BCUT2D eigenvalue weighted by molar-refractivity contribution is 0.242. The van der Waals surface area contributed by atoms with Crippen LogP contribution in [0.15, 0.2) is 51.9 Å². The highest BCUT2D eigenvalue weighted by atomic mass is 32.2. The molecule has 3 aromatic rings. The molecule has 0 atom stereocenters. The summed E-state index contributed by atoms with van der Waals surface area (Å²) in [4.78, 5) is 4.59. The van der Waals surface area contributed by atoms with Crippen LogP contribution in [0.25, 0.3) is 0 Å². The number of hydrogen-bond acceptors (Lipinski definition) is 6. The first-order valence-electron chi connectivity index (χ1n) is 10.4. The SMILES string of the molecule is CCCc1ccc(S(=O)(=O)N(C)CCc2noc(COc3cc(C)cc(C)c3)n2)cc1. The van der Waals surface area contributed by atoms with E-state index in [2.05, 4.69) is 23.1 Å². The second kappa shape index (κ2) is 10.1. The highest BCUT2D eigenvalue weighted by Crippen LogP contribution is 2.18. The quantitative estimate of drug-likeness (QED) is 0.469. The van der Waals surface area contributed by atoms with Crippen LogP contribution >= 0.6 is 0 Å². The van der Waals surface area contributed by atoms with Crippen molar-refractivity contribution < 1.29 is 17.7 Å². The molecule has 0 aliphatic carbocycles. The predicted molar refractivity (Wildman–Crippen MR) is 119 cm³/mol. The molecule has 0 amide bonds. The van der Waals surface area contributed by atoms with Crippen LogP contribution in [0.1, 0.15) is 41.8 Å². The molecule has 166 valence electrons. The van der Waals surface area contributed by atoms with Crippen molar-refractivity contribution >= 4 is 10.0 Å². The average Bonchev–Trinajstić information content (AvgIpc) is 3.18. The Hall–Kier alpha value is -2.71. The Morgan fingerprint density at radius 2 is 1.71 bits per heavy atom. The van der Waals surface area contributed by atoms with Gasteiger partial charge in [0.15, 0.2) is 12.4 Å². The van der Waals surface area contributed by atoms with Gasteiger partial charge in [0.25, 0.3) is 5.89 Å². The van der Waals surface area contributed by atoms with Gasteiger partial charge in [-0.05, 0) is 61.2 Å². The van der Waals surface area contributed by atoms with Crippen LogP contribution in [0.3, 0.4) is 0 Å². The van der Waals surface area contributed by atoms with E-state index in [1.54, 1.807) is 19.2 Å². The third-order valence-electron chi connectivity index (χ3n) is 4.89. The van der Waals surface area contributed by atoms with Gasteiger partial charge in [-0.3, -0.25) is 0 Å². The number of sulfonamides is 1. The molecular formula is C23H29N3O4S. The van der Waals surface area contributed by atoms with Crippen molar-refractivity contribution in [2.45, 2.75) is 51.5 Å². The summed E-state index contributed by atoms with van der Waals surface area (Å²) in [6.45, 7) is 6.52. The molecule has 0 N–H and O–H groups in total. The van der Waals surface area contributed by atoms with E-state index in [1.165, 1.54) is 4.31 Å². The number of nitrogens with zero attached hydrogens (tertiary/aromatic N) is 3. The molecule has 0 bridgehead atoms. The van der Waals surface area contributed by atoms with Crippen LogP contribution in [0.2, 0.25) is 0 Å². The van der Waals surface area contributed by atoms with Crippen molar-refractivity contribution in [2.24, 2.45) is 0 Å². The van der Waals surface area contributed by atoms with Crippen LogP contribution in [0.4, 0.5) is 0 Å². The molecular weight excluding hydrogens is 414 g/mol. The monoisotopic (exact) mass is 443 g/mol. The van der Waals surface area contributed by atoms with Crippen LogP contribution in [0, 0.1) is 13.8 Å². The molecule has 0 radical (unpaired) electrons. The molecule has 8 heteroatoms. The van der Waals surface area contributed by atoms with Gasteiger partial charge in [-0.25, -0.2) is 12.7 Å². The van der Waals surface area contributed by atoms with Crippen molar-refractivity contribution in [3.63, 3.8) is 0 Å². The average molecular weight is 444 g/mol. The topological polar surface area (TPSA) is 85.5 Å². The van der Waals surface area contributed by atoms with Gasteiger partial charge in [-0.2, -0.15) is 4.98 Å². The van der Waals surface area contributed by atoms with Gasteiger partial charge < -0.3 is 9.26 Å². The summed E-state index contributed by atoms with van der Waals surface area (Å²) in [5.41, 5.74) is 3.36. The minimum Gasteiger partial charge on any atom is -0.484 e. The molecule has 2 aromatic carbocycles. The van der Waals surface area contributed by atoms with Gasteiger partial charge in [-0.15, -0.1) is 0 Å². The highest BCUT2D eigenvalue weighted by molar-refractivity contribution is 7.89. The number of hydrogen-bond donors (Lipinski definition) is 0. The lowest BCUT2D eigenvalue weighted by Gasteiger charge is -2.16. The van der Waals surface area contributed by atoms with Crippen LogP contribution in [0.5, 0.6) is 5.75 Å². The minimum atomic E-state index is -3.57. The van der Waals surface area contributed by atoms with E-state index in [0.717, 1.165) is 35.3 Å². The van der Waals surface area contributed by atoms with E-state index in [-0.39, 0.29) is 18.0 Å². The zero-order valence-corrected chi connectivity index (χ0v) is 19.3. The van der Waals surface area contributed by atoms with Gasteiger partial charge in [-0.1, -0.05) is 36.7 Å². The maximum absolute atomic E-state index is 12.8. The van der Waals surface area contributed by atoms with E-state index in [9.17, 15) is 8.42 Å². The van der Waals surface area contributed by atoms with Gasteiger partial charge in [0.2, 0.25) is 10.0 Å². The summed E-state index contributed by atoms with van der Waals surface area (Å²) in [6.07, 6.45) is 2.30. The van der Waals surface area contributed by atoms with E-state index < -0.39 is 10.0 Å². The van der Waals surface area contributed by atoms with E-state index in [0.29, 0.717) is 18.1 Å². The van der Waals surface area contributed by atoms with Crippen molar-refractivity contribution in [3.8, 4) is 5.75 Å². The van der Waals surface area contributed by atoms with Crippen molar-refractivity contribution in [3.05, 3.63) is 70.9 Å². The third kappa shape index (κ3) is 6.15. The second-order valence-electron chi connectivity index (χ2n) is 7.69. The number of aromatic nitrogens is 2. The molecule has 0 aliphatic heterocycles. The largest absolute Gasteiger partial charge is 0.484 e. The van der Waals surface area contributed by atoms with E-state index >= 15 is 0 Å². The molecule has 0 saturated heterocycles.